The van der Waals surface area contributed by atoms with Gasteiger partial charge in [0.2, 0.25) is 0 Å². The molecule has 1 fully saturated rings. The molecule has 0 spiro atoms. The monoisotopic (exact) mass is 580 g/mol. The molecule has 1 aliphatic heterocycles. The van der Waals surface area contributed by atoms with Gasteiger partial charge in [0.25, 0.3) is 5.91 Å². The average molecular weight is 581 g/mol. The van der Waals surface area contributed by atoms with Crippen LogP contribution in [0.15, 0.2) is 106 Å². The third kappa shape index (κ3) is 7.31. The zero-order chi connectivity index (χ0) is 29.4. The first-order valence-electron chi connectivity index (χ1n) is 13.9. The van der Waals surface area contributed by atoms with Gasteiger partial charge in [-0.25, -0.2) is 10.1 Å². The number of hydrogen-bond donors (Lipinski definition) is 3. The van der Waals surface area contributed by atoms with Crippen LogP contribution in [0, 0.1) is 11.8 Å². The summed E-state index contributed by atoms with van der Waals surface area (Å²) in [6.07, 6.45) is 6.13. The number of thioether (sulfide) groups is 1. The lowest BCUT2D eigenvalue weighted by molar-refractivity contribution is -0.162. The number of rotatable bonds is 7. The van der Waals surface area contributed by atoms with Gasteiger partial charge in [0.05, 0.1) is 17.1 Å². The second-order valence-electron chi connectivity index (χ2n) is 10.2. The Balaban J connectivity index is 1.41. The molecule has 1 aliphatic carbocycles. The highest BCUT2D eigenvalue weighted by atomic mass is 32.2. The second kappa shape index (κ2) is 13.6. The fraction of sp³-hybridized carbons (Fsp3) is 0.235. The van der Waals surface area contributed by atoms with Gasteiger partial charge in [-0.2, -0.15) is 0 Å². The molecule has 3 aromatic rings. The van der Waals surface area contributed by atoms with Crippen LogP contribution in [0.2, 0.25) is 0 Å². The highest BCUT2D eigenvalue weighted by molar-refractivity contribution is 8.18. The van der Waals surface area contributed by atoms with E-state index in [1.165, 1.54) is 0 Å². The molecule has 42 heavy (non-hydrogen) atoms. The minimum Gasteiger partial charge on any atom is -0.506 e. The number of ether oxygens (including phenoxy) is 1. The van der Waals surface area contributed by atoms with Gasteiger partial charge in [-0.1, -0.05) is 96.8 Å². The first kappa shape index (κ1) is 29.2. The van der Waals surface area contributed by atoms with Crippen molar-refractivity contribution in [1.82, 2.24) is 5.06 Å². The number of para-hydroxylation sites is 2. The Morgan fingerprint density at radius 3 is 2.38 bits per heavy atom. The van der Waals surface area contributed by atoms with Gasteiger partial charge in [-0.3, -0.25) is 10.0 Å². The lowest BCUT2D eigenvalue weighted by Gasteiger charge is -2.26. The summed E-state index contributed by atoms with van der Waals surface area (Å²) in [6.45, 7) is 0.0481. The molecule has 2 aliphatic rings. The Hall–Kier alpha value is -4.29. The standard InChI is InChI=1S/C34H32N2O5S/c37-31-29(23-26-15-8-9-18-28(26)41-22-12-21-34(39)19-10-3-11-20-34)42-32(35-27-16-6-2-7-17-27)30(31)33(38)36(40)24-25-13-4-1-5-14-25/h1-2,4-9,13-18,23,37,39-40H,3,10-11,19-20,22,24H2/b29-23-,35-32?. The van der Waals surface area contributed by atoms with Crippen molar-refractivity contribution in [3.05, 3.63) is 112 Å². The smallest absolute Gasteiger partial charge is 0.284 e. The van der Waals surface area contributed by atoms with Gasteiger partial charge in [-0.15, -0.1) is 0 Å². The molecule has 8 heteroatoms. The van der Waals surface area contributed by atoms with Crippen LogP contribution >= 0.6 is 11.8 Å². The van der Waals surface area contributed by atoms with E-state index < -0.39 is 11.5 Å². The molecule has 1 amide bonds. The number of carbonyl (C=O) groups is 1. The molecule has 0 radical (unpaired) electrons. The van der Waals surface area contributed by atoms with E-state index >= 15 is 0 Å². The Kier molecular flexibility index (Phi) is 9.45. The van der Waals surface area contributed by atoms with Gasteiger partial charge in [-0.05, 0) is 55.5 Å². The Labute approximate surface area is 249 Å². The molecule has 0 bridgehead atoms. The van der Waals surface area contributed by atoms with E-state index in [-0.39, 0.29) is 29.5 Å². The summed E-state index contributed by atoms with van der Waals surface area (Å²) >= 11 is 1.14. The van der Waals surface area contributed by atoms with Crippen LogP contribution in [-0.2, 0) is 11.3 Å². The number of nitrogens with zero attached hydrogens (tertiary/aromatic N) is 2. The zero-order valence-corrected chi connectivity index (χ0v) is 23.9. The Bertz CT molecular complexity index is 1570. The summed E-state index contributed by atoms with van der Waals surface area (Å²) in [5.74, 6) is 5.43. The van der Waals surface area contributed by atoms with E-state index in [0.29, 0.717) is 39.8 Å². The average Bonchev–Trinajstić information content (AvgIpc) is 3.30. The molecular formula is C34H32N2O5S. The third-order valence-corrected chi connectivity index (χ3v) is 8.03. The molecule has 7 nitrogen and oxygen atoms in total. The van der Waals surface area contributed by atoms with E-state index in [4.69, 9.17) is 4.74 Å². The van der Waals surface area contributed by atoms with Crippen LogP contribution in [0.5, 0.6) is 5.75 Å². The van der Waals surface area contributed by atoms with Crippen molar-refractivity contribution in [2.75, 3.05) is 6.61 Å². The second-order valence-corrected chi connectivity index (χ2v) is 11.2. The molecular weight excluding hydrogens is 548 g/mol. The molecule has 3 N–H and O–H groups in total. The van der Waals surface area contributed by atoms with E-state index in [1.54, 1.807) is 36.4 Å². The molecule has 1 saturated carbocycles. The predicted molar refractivity (Wildman–Crippen MR) is 165 cm³/mol. The third-order valence-electron chi connectivity index (χ3n) is 7.01. The number of hydroxylamine groups is 2. The lowest BCUT2D eigenvalue weighted by atomic mass is 9.85. The molecule has 0 aromatic heterocycles. The van der Waals surface area contributed by atoms with E-state index in [1.807, 2.05) is 54.6 Å². The maximum atomic E-state index is 13.4. The molecule has 1 heterocycles. The highest BCUT2D eigenvalue weighted by Gasteiger charge is 2.35. The summed E-state index contributed by atoms with van der Waals surface area (Å²) in [5, 5.41) is 33.5. The number of aliphatic hydroxyl groups is 2. The number of benzene rings is 3. The van der Waals surface area contributed by atoms with Crippen LogP contribution in [-0.4, -0.2) is 43.6 Å². The van der Waals surface area contributed by atoms with Crippen LogP contribution in [0.25, 0.3) is 6.08 Å². The lowest BCUT2D eigenvalue weighted by Crippen LogP contribution is -2.30. The Morgan fingerprint density at radius 1 is 0.976 bits per heavy atom. The van der Waals surface area contributed by atoms with Crippen molar-refractivity contribution in [3.63, 3.8) is 0 Å². The summed E-state index contributed by atoms with van der Waals surface area (Å²) < 4.78 is 5.94. The number of carbonyl (C=O) groups excluding carboxylic acids is 1. The largest absolute Gasteiger partial charge is 0.506 e. The number of amides is 1. The normalized spacial score (nSPS) is 18.0. The van der Waals surface area contributed by atoms with Crippen LogP contribution in [0.1, 0.15) is 43.2 Å². The molecule has 0 saturated heterocycles. The molecule has 0 unspecified atom stereocenters. The summed E-state index contributed by atoms with van der Waals surface area (Å²) in [5.41, 5.74) is 0.981. The summed E-state index contributed by atoms with van der Waals surface area (Å²) in [6, 6.07) is 25.5. The van der Waals surface area contributed by atoms with Crippen molar-refractivity contribution < 1.29 is 25.0 Å². The topological polar surface area (TPSA) is 103 Å². The van der Waals surface area contributed by atoms with Crippen molar-refractivity contribution in [3.8, 4) is 17.6 Å². The quantitative estimate of drug-likeness (QED) is 0.161. The van der Waals surface area contributed by atoms with Crippen molar-refractivity contribution >= 4 is 34.5 Å². The van der Waals surface area contributed by atoms with E-state index in [9.17, 15) is 20.2 Å². The molecule has 5 rings (SSSR count). The minimum absolute atomic E-state index is 0.0500. The molecule has 3 aromatic carbocycles. The van der Waals surface area contributed by atoms with Gasteiger partial charge >= 0.3 is 0 Å². The first-order chi connectivity index (χ1) is 20.4. The van der Waals surface area contributed by atoms with Gasteiger partial charge in [0, 0.05) is 5.56 Å². The Morgan fingerprint density at radius 2 is 1.64 bits per heavy atom. The summed E-state index contributed by atoms with van der Waals surface area (Å²) in [7, 11) is 0. The first-order valence-corrected chi connectivity index (χ1v) is 14.7. The van der Waals surface area contributed by atoms with E-state index in [2.05, 4.69) is 16.8 Å². The molecule has 0 atom stereocenters. The van der Waals surface area contributed by atoms with E-state index in [0.717, 1.165) is 36.6 Å². The maximum Gasteiger partial charge on any atom is 0.284 e. The predicted octanol–water partition coefficient (Wildman–Crippen LogP) is 6.81. The fourth-order valence-corrected chi connectivity index (χ4v) is 5.85. The van der Waals surface area contributed by atoms with Crippen molar-refractivity contribution in [2.45, 2.75) is 44.2 Å². The number of hydrogen-bond acceptors (Lipinski definition) is 7. The van der Waals surface area contributed by atoms with Crippen LogP contribution in [0.4, 0.5) is 5.69 Å². The van der Waals surface area contributed by atoms with Gasteiger partial charge in [0.1, 0.15) is 34.3 Å². The van der Waals surface area contributed by atoms with Gasteiger partial charge < -0.3 is 14.9 Å². The van der Waals surface area contributed by atoms with Gasteiger partial charge in [0.15, 0.2) is 0 Å². The fourth-order valence-electron chi connectivity index (χ4n) is 4.82. The highest BCUT2D eigenvalue weighted by Crippen LogP contribution is 2.41. The number of aliphatic hydroxyl groups excluding tert-OH is 1. The van der Waals surface area contributed by atoms with Crippen LogP contribution in [0.3, 0.4) is 0 Å². The van der Waals surface area contributed by atoms with Crippen molar-refractivity contribution in [2.24, 2.45) is 4.99 Å². The summed E-state index contributed by atoms with van der Waals surface area (Å²) in [4.78, 5) is 18.4. The molecule has 214 valence electrons. The van der Waals surface area contributed by atoms with Crippen LogP contribution < -0.4 is 4.74 Å². The SMILES string of the molecule is O=C(C1=C(O)/C(=C/c2ccccc2OCC#CC2(O)CCCCC2)SC1=Nc1ccccc1)N(O)Cc1ccccc1. The zero-order valence-electron chi connectivity index (χ0n) is 23.1. The minimum atomic E-state index is -0.946. The van der Waals surface area contributed by atoms with Crippen molar-refractivity contribution in [1.29, 1.82) is 0 Å². The maximum absolute atomic E-state index is 13.4. The number of aliphatic imine (C=N–C) groups is 1.